The van der Waals surface area contributed by atoms with Gasteiger partial charge in [-0.3, -0.25) is 9.59 Å². The van der Waals surface area contributed by atoms with E-state index in [0.29, 0.717) is 12.0 Å². The summed E-state index contributed by atoms with van der Waals surface area (Å²) in [5, 5.41) is 0. The van der Waals surface area contributed by atoms with Gasteiger partial charge in [0.05, 0.1) is 0 Å². The first-order valence-electron chi connectivity index (χ1n) is 8.17. The van der Waals surface area contributed by atoms with Crippen LogP contribution in [0.25, 0.3) is 6.08 Å². The van der Waals surface area contributed by atoms with Crippen LogP contribution in [-0.2, 0) is 10.2 Å². The number of halogens is 1. The van der Waals surface area contributed by atoms with Crippen molar-refractivity contribution >= 4 is 39.4 Å². The second-order valence-corrected chi connectivity index (χ2v) is 7.91. The van der Waals surface area contributed by atoms with E-state index in [4.69, 9.17) is 0 Å². The molecule has 0 saturated carbocycles. The minimum absolute atomic E-state index is 0.0407. The number of benzene rings is 2. The monoisotopic (exact) mass is 397 g/mol. The molecule has 0 unspecified atom stereocenters. The average molecular weight is 398 g/mol. The zero-order valence-corrected chi connectivity index (χ0v) is 16.1. The standard InChI is InChI=1S/C21H20BrNO2/c1-21(2)13-20(25)23(3)18-10-7-15(12-17(18)21)19(24)11-6-14-4-8-16(22)9-5-14/h4-12H,13H2,1-3H3/b11-6+. The van der Waals surface area contributed by atoms with Gasteiger partial charge in [0.25, 0.3) is 0 Å². The van der Waals surface area contributed by atoms with Crippen molar-refractivity contribution in [1.29, 1.82) is 0 Å². The van der Waals surface area contributed by atoms with Gasteiger partial charge < -0.3 is 4.90 Å². The van der Waals surface area contributed by atoms with Gasteiger partial charge in [-0.1, -0.05) is 48.0 Å². The lowest BCUT2D eigenvalue weighted by Gasteiger charge is -2.37. The van der Waals surface area contributed by atoms with Gasteiger partial charge >= 0.3 is 0 Å². The maximum absolute atomic E-state index is 12.6. The molecule has 0 atom stereocenters. The van der Waals surface area contributed by atoms with E-state index in [1.165, 1.54) is 0 Å². The molecule has 3 nitrogen and oxygen atoms in total. The molecular formula is C21H20BrNO2. The largest absolute Gasteiger partial charge is 0.315 e. The summed E-state index contributed by atoms with van der Waals surface area (Å²) in [6.07, 6.45) is 3.85. The van der Waals surface area contributed by atoms with Crippen LogP contribution in [0.3, 0.4) is 0 Å². The van der Waals surface area contributed by atoms with Crippen molar-refractivity contribution in [3.63, 3.8) is 0 Å². The quantitative estimate of drug-likeness (QED) is 0.540. The molecule has 0 spiro atoms. The molecule has 0 aromatic heterocycles. The Labute approximate surface area is 156 Å². The summed E-state index contributed by atoms with van der Waals surface area (Å²) in [6.45, 7) is 4.09. The highest BCUT2D eigenvalue weighted by molar-refractivity contribution is 9.10. The van der Waals surface area contributed by atoms with Gasteiger partial charge in [0.2, 0.25) is 5.91 Å². The van der Waals surface area contributed by atoms with E-state index in [1.54, 1.807) is 24.1 Å². The second-order valence-electron chi connectivity index (χ2n) is 6.99. The molecule has 1 aliphatic heterocycles. The number of anilines is 1. The number of rotatable bonds is 3. The molecule has 0 N–H and O–H groups in total. The van der Waals surface area contributed by atoms with Crippen LogP contribution in [0.2, 0.25) is 0 Å². The highest BCUT2D eigenvalue weighted by atomic mass is 79.9. The molecule has 25 heavy (non-hydrogen) atoms. The van der Waals surface area contributed by atoms with Crippen LogP contribution < -0.4 is 4.90 Å². The molecule has 128 valence electrons. The predicted octanol–water partition coefficient (Wildman–Crippen LogP) is 4.99. The number of nitrogens with zero attached hydrogens (tertiary/aromatic N) is 1. The zero-order chi connectivity index (χ0) is 18.2. The number of hydrogen-bond donors (Lipinski definition) is 0. The predicted molar refractivity (Wildman–Crippen MR) is 105 cm³/mol. The molecule has 0 radical (unpaired) electrons. The van der Waals surface area contributed by atoms with Crippen LogP contribution in [0.15, 0.2) is 53.0 Å². The summed E-state index contributed by atoms with van der Waals surface area (Å²) in [5.74, 6) is 0.0628. The second kappa shape index (κ2) is 6.60. The van der Waals surface area contributed by atoms with Crippen molar-refractivity contribution in [2.45, 2.75) is 25.7 Å². The van der Waals surface area contributed by atoms with Crippen LogP contribution >= 0.6 is 15.9 Å². The van der Waals surface area contributed by atoms with Gasteiger partial charge in [-0.2, -0.15) is 0 Å². The Hall–Kier alpha value is -2.20. The molecule has 2 aromatic rings. The molecular weight excluding hydrogens is 378 g/mol. The van der Waals surface area contributed by atoms with E-state index in [-0.39, 0.29) is 17.1 Å². The molecule has 1 heterocycles. The van der Waals surface area contributed by atoms with Crippen LogP contribution in [0.4, 0.5) is 5.69 Å². The summed E-state index contributed by atoms with van der Waals surface area (Å²) >= 11 is 3.40. The number of hydrogen-bond acceptors (Lipinski definition) is 2. The smallest absolute Gasteiger partial charge is 0.227 e. The summed E-state index contributed by atoms with van der Waals surface area (Å²) < 4.78 is 1.01. The van der Waals surface area contributed by atoms with E-state index in [0.717, 1.165) is 21.3 Å². The Kier molecular flexibility index (Phi) is 4.65. The van der Waals surface area contributed by atoms with Gasteiger partial charge in [-0.15, -0.1) is 0 Å². The lowest BCUT2D eigenvalue weighted by molar-refractivity contribution is -0.119. The summed E-state index contributed by atoms with van der Waals surface area (Å²) in [4.78, 5) is 26.3. The maximum Gasteiger partial charge on any atom is 0.227 e. The maximum atomic E-state index is 12.6. The van der Waals surface area contributed by atoms with Crippen molar-refractivity contribution in [3.8, 4) is 0 Å². The van der Waals surface area contributed by atoms with Crippen molar-refractivity contribution in [1.82, 2.24) is 0 Å². The lowest BCUT2D eigenvalue weighted by Crippen LogP contribution is -2.39. The molecule has 0 fully saturated rings. The molecule has 4 heteroatoms. The Morgan fingerprint density at radius 2 is 1.84 bits per heavy atom. The molecule has 0 aliphatic carbocycles. The van der Waals surface area contributed by atoms with Gasteiger partial charge in [0, 0.05) is 34.6 Å². The Morgan fingerprint density at radius 1 is 1.16 bits per heavy atom. The highest BCUT2D eigenvalue weighted by Gasteiger charge is 2.35. The van der Waals surface area contributed by atoms with Gasteiger partial charge in [-0.05, 0) is 47.5 Å². The Bertz CT molecular complexity index is 866. The number of ketones is 1. The van der Waals surface area contributed by atoms with Gasteiger partial charge in [0.1, 0.15) is 0 Å². The molecule has 0 saturated heterocycles. The van der Waals surface area contributed by atoms with Crippen molar-refractivity contribution in [2.24, 2.45) is 0 Å². The van der Waals surface area contributed by atoms with Crippen LogP contribution in [0, 0.1) is 0 Å². The van der Waals surface area contributed by atoms with E-state index in [1.807, 2.05) is 56.3 Å². The van der Waals surface area contributed by atoms with E-state index in [2.05, 4.69) is 15.9 Å². The fourth-order valence-corrected chi connectivity index (χ4v) is 3.36. The van der Waals surface area contributed by atoms with E-state index >= 15 is 0 Å². The number of amides is 1. The SMILES string of the molecule is CN1C(=O)CC(C)(C)c2cc(C(=O)/C=C/c3ccc(Br)cc3)ccc21. The zero-order valence-electron chi connectivity index (χ0n) is 14.5. The fraction of sp³-hybridized carbons (Fsp3) is 0.238. The fourth-order valence-electron chi connectivity index (χ4n) is 3.09. The third kappa shape index (κ3) is 3.59. The Balaban J connectivity index is 1.90. The number of fused-ring (bicyclic) bond motifs is 1. The first kappa shape index (κ1) is 17.6. The normalized spacial score (nSPS) is 16.2. The summed E-state index contributed by atoms with van der Waals surface area (Å²) in [6, 6.07) is 13.4. The topological polar surface area (TPSA) is 37.4 Å². The van der Waals surface area contributed by atoms with Crippen LogP contribution in [-0.4, -0.2) is 18.7 Å². The van der Waals surface area contributed by atoms with Crippen molar-refractivity contribution in [3.05, 3.63) is 69.7 Å². The number of carbonyl (C=O) groups excluding carboxylic acids is 2. The molecule has 1 amide bonds. The first-order chi connectivity index (χ1) is 11.8. The number of carbonyl (C=O) groups is 2. The van der Waals surface area contributed by atoms with E-state index < -0.39 is 0 Å². The Morgan fingerprint density at radius 3 is 2.52 bits per heavy atom. The summed E-state index contributed by atoms with van der Waals surface area (Å²) in [5.41, 5.74) is 3.26. The third-order valence-electron chi connectivity index (χ3n) is 4.64. The van der Waals surface area contributed by atoms with Crippen LogP contribution in [0.1, 0.15) is 41.8 Å². The molecule has 0 bridgehead atoms. The van der Waals surface area contributed by atoms with Gasteiger partial charge in [-0.25, -0.2) is 0 Å². The van der Waals surface area contributed by atoms with Gasteiger partial charge in [0.15, 0.2) is 5.78 Å². The molecule has 2 aromatic carbocycles. The first-order valence-corrected chi connectivity index (χ1v) is 8.96. The van der Waals surface area contributed by atoms with Crippen molar-refractivity contribution in [2.75, 3.05) is 11.9 Å². The average Bonchev–Trinajstić information content (AvgIpc) is 2.58. The van der Waals surface area contributed by atoms with Crippen molar-refractivity contribution < 1.29 is 9.59 Å². The van der Waals surface area contributed by atoms with E-state index in [9.17, 15) is 9.59 Å². The minimum Gasteiger partial charge on any atom is -0.315 e. The number of allylic oxidation sites excluding steroid dienone is 1. The third-order valence-corrected chi connectivity index (χ3v) is 5.16. The minimum atomic E-state index is -0.273. The summed E-state index contributed by atoms with van der Waals surface area (Å²) in [7, 11) is 1.78. The molecule has 1 aliphatic rings. The highest BCUT2D eigenvalue weighted by Crippen LogP contribution is 2.40. The molecule has 3 rings (SSSR count). The lowest BCUT2D eigenvalue weighted by atomic mass is 9.76. The van der Waals surface area contributed by atoms with Crippen LogP contribution in [0.5, 0.6) is 0 Å².